The quantitative estimate of drug-likeness (QED) is 0.520. The summed E-state index contributed by atoms with van der Waals surface area (Å²) in [5.74, 6) is 3.18. The number of rotatable bonds is 6. The van der Waals surface area contributed by atoms with Gasteiger partial charge >= 0.3 is 0 Å². The Morgan fingerprint density at radius 2 is 1.79 bits per heavy atom. The number of aliphatic imine (C=N–C) groups is 2. The maximum absolute atomic E-state index is 13.2. The average Bonchev–Trinajstić information content (AvgIpc) is 3.18. The highest BCUT2D eigenvalue weighted by Gasteiger charge is 2.43. The van der Waals surface area contributed by atoms with E-state index in [1.807, 2.05) is 12.1 Å². The number of nitrogens with zero attached hydrogens (tertiary/aromatic N) is 3. The molecule has 34 heavy (non-hydrogen) atoms. The predicted molar refractivity (Wildman–Crippen MR) is 137 cm³/mol. The molecule has 0 saturated heterocycles. The number of aryl methyl sites for hydroxylation is 1. The topological polar surface area (TPSA) is 63.5 Å². The third kappa shape index (κ3) is 4.45. The number of benzene rings is 2. The van der Waals surface area contributed by atoms with E-state index in [0.717, 1.165) is 28.6 Å². The molecule has 1 atom stereocenters. The van der Waals surface area contributed by atoms with Crippen molar-refractivity contribution < 1.29 is 14.3 Å². The van der Waals surface area contributed by atoms with Crippen LogP contribution in [0.5, 0.6) is 11.5 Å². The number of fused-ring (bicyclic) bond motifs is 3. The van der Waals surface area contributed by atoms with Crippen LogP contribution in [0.2, 0.25) is 0 Å². The number of hydrogen-bond donors (Lipinski definition) is 0. The molecule has 0 aromatic heterocycles. The molecule has 2 heterocycles. The van der Waals surface area contributed by atoms with Gasteiger partial charge in [-0.1, -0.05) is 73.7 Å². The number of methoxy groups -OCH3 is 2. The summed E-state index contributed by atoms with van der Waals surface area (Å²) in [5, 5.41) is 0.826. The second kappa shape index (κ2) is 9.82. The summed E-state index contributed by atoms with van der Waals surface area (Å²) in [6.07, 6.45) is 7.02. The zero-order valence-corrected chi connectivity index (χ0v) is 20.9. The fourth-order valence-corrected chi connectivity index (χ4v) is 6.19. The van der Waals surface area contributed by atoms with E-state index in [-0.39, 0.29) is 11.9 Å². The van der Waals surface area contributed by atoms with E-state index in [2.05, 4.69) is 41.1 Å². The molecule has 1 fully saturated rings. The van der Waals surface area contributed by atoms with Crippen LogP contribution in [0.1, 0.15) is 55.2 Å². The molecule has 178 valence electrons. The minimum Gasteiger partial charge on any atom is -0.493 e. The smallest absolute Gasteiger partial charge is 0.270 e. The van der Waals surface area contributed by atoms with E-state index < -0.39 is 0 Å². The molecule has 2 aliphatic heterocycles. The highest BCUT2D eigenvalue weighted by molar-refractivity contribution is 8.13. The Morgan fingerprint density at radius 1 is 1.03 bits per heavy atom. The van der Waals surface area contributed by atoms with Crippen molar-refractivity contribution in [2.24, 2.45) is 15.9 Å². The van der Waals surface area contributed by atoms with Crippen molar-refractivity contribution in [1.29, 1.82) is 0 Å². The molecule has 0 spiro atoms. The lowest BCUT2D eigenvalue weighted by Gasteiger charge is -2.33. The second-order valence-corrected chi connectivity index (χ2v) is 10.2. The number of amides is 1. The van der Waals surface area contributed by atoms with Gasteiger partial charge in [-0.25, -0.2) is 4.99 Å². The molecule has 2 aromatic carbocycles. The Balaban J connectivity index is 1.51. The highest BCUT2D eigenvalue weighted by Crippen LogP contribution is 2.42. The van der Waals surface area contributed by atoms with E-state index >= 15 is 0 Å². The Kier molecular flexibility index (Phi) is 6.63. The number of carbonyl (C=O) groups excluding carboxylic acids is 1. The fourth-order valence-electron chi connectivity index (χ4n) is 5.20. The number of hydrogen-bond acceptors (Lipinski definition) is 6. The minimum atomic E-state index is -0.289. The third-order valence-electron chi connectivity index (χ3n) is 6.94. The van der Waals surface area contributed by atoms with Gasteiger partial charge in [-0.2, -0.15) is 4.99 Å². The van der Waals surface area contributed by atoms with Crippen LogP contribution in [0, 0.1) is 12.8 Å². The van der Waals surface area contributed by atoms with Crippen molar-refractivity contribution in [2.45, 2.75) is 57.2 Å². The molecule has 5 rings (SSSR count). The van der Waals surface area contributed by atoms with Gasteiger partial charge in [0.05, 0.1) is 19.9 Å². The normalized spacial score (nSPS) is 19.9. The lowest BCUT2D eigenvalue weighted by molar-refractivity contribution is -0.120. The first-order valence-electron chi connectivity index (χ1n) is 12.0. The zero-order valence-electron chi connectivity index (χ0n) is 20.0. The molecule has 2 aromatic rings. The van der Waals surface area contributed by atoms with Crippen LogP contribution in [0.4, 0.5) is 5.69 Å². The van der Waals surface area contributed by atoms with E-state index in [1.165, 1.54) is 43.2 Å². The molecule has 7 heteroatoms. The monoisotopic (exact) mass is 477 g/mol. The third-order valence-corrected chi connectivity index (χ3v) is 7.96. The zero-order chi connectivity index (χ0) is 23.7. The molecule has 6 nitrogen and oxygen atoms in total. The molecule has 1 amide bonds. The lowest BCUT2D eigenvalue weighted by Crippen LogP contribution is -2.44. The van der Waals surface area contributed by atoms with E-state index in [0.29, 0.717) is 23.3 Å². The molecule has 0 bridgehead atoms. The Hall–Kier alpha value is -2.80. The van der Waals surface area contributed by atoms with Crippen LogP contribution in [-0.2, 0) is 10.5 Å². The second-order valence-electron chi connectivity index (χ2n) is 9.30. The van der Waals surface area contributed by atoms with Crippen LogP contribution < -0.4 is 9.47 Å². The largest absolute Gasteiger partial charge is 0.493 e. The summed E-state index contributed by atoms with van der Waals surface area (Å²) in [5.41, 5.74) is 4.04. The minimum absolute atomic E-state index is 0.0629. The maximum Gasteiger partial charge on any atom is 0.270 e. The van der Waals surface area contributed by atoms with Crippen LogP contribution in [0.3, 0.4) is 0 Å². The van der Waals surface area contributed by atoms with Crippen molar-refractivity contribution in [2.75, 3.05) is 14.2 Å². The maximum atomic E-state index is 13.2. The van der Waals surface area contributed by atoms with E-state index in [1.54, 1.807) is 26.0 Å². The molecule has 0 radical (unpaired) electrons. The van der Waals surface area contributed by atoms with Crippen LogP contribution in [0.15, 0.2) is 46.4 Å². The standard InChI is InChI=1S/C27H31N3O3S/c1-17-8-7-11-19(12-17)16-34-27-28-21-15-24(33-3)23(32-2)14-20(21)25-29-26(31)22(30(25)27)13-18-9-5-4-6-10-18/h7-8,11-12,14-15,18,22H,4-6,9-10,13,16H2,1-3H3/t22-/m1/s1. The molecule has 1 saturated carbocycles. The molecule has 3 aliphatic rings. The predicted octanol–water partition coefficient (Wildman–Crippen LogP) is 5.87. The van der Waals surface area contributed by atoms with Gasteiger partial charge in [0.25, 0.3) is 5.91 Å². The molecular weight excluding hydrogens is 446 g/mol. The van der Waals surface area contributed by atoms with Crippen molar-refractivity contribution in [1.82, 2.24) is 4.90 Å². The van der Waals surface area contributed by atoms with Crippen LogP contribution >= 0.6 is 11.8 Å². The first-order chi connectivity index (χ1) is 16.6. The summed E-state index contributed by atoms with van der Waals surface area (Å²) >= 11 is 1.66. The van der Waals surface area contributed by atoms with Crippen molar-refractivity contribution in [3.8, 4) is 11.5 Å². The number of amidine groups is 2. The Labute approximate surface area is 205 Å². The van der Waals surface area contributed by atoms with Gasteiger partial charge in [0.1, 0.15) is 11.9 Å². The van der Waals surface area contributed by atoms with Gasteiger partial charge in [0, 0.05) is 17.4 Å². The van der Waals surface area contributed by atoms with Gasteiger partial charge in [-0.15, -0.1) is 0 Å². The first kappa shape index (κ1) is 23.0. The average molecular weight is 478 g/mol. The van der Waals surface area contributed by atoms with Crippen LogP contribution in [-0.4, -0.2) is 42.1 Å². The summed E-state index contributed by atoms with van der Waals surface area (Å²) in [6, 6.07) is 12.0. The van der Waals surface area contributed by atoms with Gasteiger partial charge in [-0.05, 0) is 30.9 Å². The van der Waals surface area contributed by atoms with Gasteiger partial charge in [-0.3, -0.25) is 9.69 Å². The molecular formula is C27H31N3O3S. The summed E-state index contributed by atoms with van der Waals surface area (Å²) in [7, 11) is 3.23. The Morgan fingerprint density at radius 3 is 2.53 bits per heavy atom. The van der Waals surface area contributed by atoms with E-state index in [9.17, 15) is 4.79 Å². The summed E-state index contributed by atoms with van der Waals surface area (Å²) in [6.45, 7) is 2.10. The molecule has 1 aliphatic carbocycles. The van der Waals surface area contributed by atoms with Crippen molar-refractivity contribution in [3.05, 3.63) is 53.1 Å². The van der Waals surface area contributed by atoms with Crippen molar-refractivity contribution >= 4 is 34.4 Å². The van der Waals surface area contributed by atoms with E-state index in [4.69, 9.17) is 14.5 Å². The first-order valence-corrected chi connectivity index (χ1v) is 13.0. The Bertz CT molecular complexity index is 1150. The summed E-state index contributed by atoms with van der Waals surface area (Å²) < 4.78 is 11.0. The number of ether oxygens (including phenoxy) is 2. The van der Waals surface area contributed by atoms with Gasteiger partial charge < -0.3 is 9.47 Å². The highest BCUT2D eigenvalue weighted by atomic mass is 32.2. The fraction of sp³-hybridized carbons (Fsp3) is 0.444. The lowest BCUT2D eigenvalue weighted by atomic mass is 9.84. The number of carbonyl (C=O) groups is 1. The van der Waals surface area contributed by atoms with Gasteiger partial charge in [0.2, 0.25) is 0 Å². The number of thioether (sulfide) groups is 1. The molecule has 0 N–H and O–H groups in total. The van der Waals surface area contributed by atoms with Crippen molar-refractivity contribution in [3.63, 3.8) is 0 Å². The van der Waals surface area contributed by atoms with Gasteiger partial charge in [0.15, 0.2) is 16.7 Å². The SMILES string of the molecule is COc1cc2c(cc1OC)C1=NC(=O)[C@@H](CC3CCCCC3)N1C(SCc1cccc(C)c1)=N2. The molecule has 0 unspecified atom stereocenters. The summed E-state index contributed by atoms with van der Waals surface area (Å²) in [4.78, 5) is 24.9. The van der Waals surface area contributed by atoms with Crippen LogP contribution in [0.25, 0.3) is 0 Å².